The van der Waals surface area contributed by atoms with Gasteiger partial charge in [0.05, 0.1) is 0 Å². The third-order valence-electron chi connectivity index (χ3n) is 3.43. The Balaban J connectivity index is 0.00000162. The summed E-state index contributed by atoms with van der Waals surface area (Å²) in [4.78, 5) is 0. The fourth-order valence-electron chi connectivity index (χ4n) is 2.34. The molecule has 0 spiro atoms. The number of ether oxygens (including phenoxy) is 1. The van der Waals surface area contributed by atoms with Crippen LogP contribution in [0.4, 0.5) is 0 Å². The Kier molecular flexibility index (Phi) is 5.73. The van der Waals surface area contributed by atoms with E-state index in [0.29, 0.717) is 10.9 Å². The predicted octanol–water partition coefficient (Wildman–Crippen LogP) is 3.20. The van der Waals surface area contributed by atoms with Crippen LogP contribution in [-0.4, -0.2) is 18.3 Å². The van der Waals surface area contributed by atoms with Crippen molar-refractivity contribution in [3.63, 3.8) is 0 Å². The largest absolute Gasteiger partial charge is 0.507 e. The second-order valence-electron chi connectivity index (χ2n) is 4.64. The van der Waals surface area contributed by atoms with Crippen molar-refractivity contribution in [2.75, 3.05) is 13.2 Å². The number of halogens is 2. The molecule has 1 aliphatic rings. The van der Waals surface area contributed by atoms with Crippen molar-refractivity contribution in [2.24, 2.45) is 11.7 Å². The van der Waals surface area contributed by atoms with Crippen LogP contribution in [0.2, 0.25) is 5.02 Å². The molecule has 0 radical (unpaired) electrons. The van der Waals surface area contributed by atoms with Crippen LogP contribution < -0.4 is 5.73 Å². The summed E-state index contributed by atoms with van der Waals surface area (Å²) in [7, 11) is 0. The van der Waals surface area contributed by atoms with E-state index < -0.39 is 0 Å². The van der Waals surface area contributed by atoms with Gasteiger partial charge < -0.3 is 15.6 Å². The van der Waals surface area contributed by atoms with Crippen LogP contribution in [0, 0.1) is 12.8 Å². The first kappa shape index (κ1) is 15.6. The number of phenols is 1. The molecule has 3 N–H and O–H groups in total. The molecule has 0 amide bonds. The van der Waals surface area contributed by atoms with Gasteiger partial charge in [0.25, 0.3) is 0 Å². The summed E-state index contributed by atoms with van der Waals surface area (Å²) in [5.41, 5.74) is 7.76. The van der Waals surface area contributed by atoms with Gasteiger partial charge in [0.15, 0.2) is 0 Å². The molecule has 0 aromatic heterocycles. The Morgan fingerprint density at radius 2 is 2.00 bits per heavy atom. The highest BCUT2D eigenvalue weighted by molar-refractivity contribution is 6.30. The molecular formula is C13H19Cl2NO2. The lowest BCUT2D eigenvalue weighted by Gasteiger charge is -2.28. The molecule has 1 aliphatic heterocycles. The van der Waals surface area contributed by atoms with E-state index in [1.54, 1.807) is 12.1 Å². The number of hydrogen-bond donors (Lipinski definition) is 2. The molecule has 0 unspecified atom stereocenters. The second-order valence-corrected chi connectivity index (χ2v) is 5.07. The average molecular weight is 292 g/mol. The molecular weight excluding hydrogens is 273 g/mol. The Morgan fingerprint density at radius 1 is 1.39 bits per heavy atom. The van der Waals surface area contributed by atoms with Crippen molar-refractivity contribution in [2.45, 2.75) is 25.8 Å². The highest BCUT2D eigenvalue weighted by Gasteiger charge is 2.25. The van der Waals surface area contributed by atoms with E-state index in [0.717, 1.165) is 37.2 Å². The van der Waals surface area contributed by atoms with Gasteiger partial charge in [-0.25, -0.2) is 0 Å². The molecule has 18 heavy (non-hydrogen) atoms. The third-order valence-corrected chi connectivity index (χ3v) is 3.65. The maximum atomic E-state index is 10.1. The van der Waals surface area contributed by atoms with E-state index in [1.807, 2.05) is 6.92 Å². The van der Waals surface area contributed by atoms with Crippen molar-refractivity contribution < 1.29 is 9.84 Å². The standard InChI is InChI=1S/C13H18ClNO2.ClH/c1-8-6-10(14)7-11(13(8)16)12(15)9-2-4-17-5-3-9;/h6-7,9,12,16H,2-5,15H2,1H3;1H/t12-;/m0./s1. The van der Waals surface area contributed by atoms with E-state index in [1.165, 1.54) is 0 Å². The van der Waals surface area contributed by atoms with Crippen LogP contribution in [0.25, 0.3) is 0 Å². The van der Waals surface area contributed by atoms with Crippen LogP contribution in [0.5, 0.6) is 5.75 Å². The maximum Gasteiger partial charge on any atom is 0.123 e. The van der Waals surface area contributed by atoms with Gasteiger partial charge in [0, 0.05) is 29.8 Å². The topological polar surface area (TPSA) is 55.5 Å². The summed E-state index contributed by atoms with van der Waals surface area (Å²) in [5.74, 6) is 0.626. The smallest absolute Gasteiger partial charge is 0.123 e. The van der Waals surface area contributed by atoms with Crippen molar-refractivity contribution in [3.8, 4) is 5.75 Å². The van der Waals surface area contributed by atoms with Gasteiger partial charge in [-0.2, -0.15) is 0 Å². The minimum Gasteiger partial charge on any atom is -0.507 e. The van der Waals surface area contributed by atoms with E-state index in [4.69, 9.17) is 22.1 Å². The normalized spacial score (nSPS) is 18.2. The van der Waals surface area contributed by atoms with Gasteiger partial charge in [-0.1, -0.05) is 11.6 Å². The molecule has 1 saturated heterocycles. The highest BCUT2D eigenvalue weighted by Crippen LogP contribution is 2.36. The van der Waals surface area contributed by atoms with E-state index >= 15 is 0 Å². The molecule has 5 heteroatoms. The molecule has 2 rings (SSSR count). The summed E-state index contributed by atoms with van der Waals surface area (Å²) < 4.78 is 5.32. The Labute approximate surface area is 119 Å². The lowest BCUT2D eigenvalue weighted by Crippen LogP contribution is -2.27. The monoisotopic (exact) mass is 291 g/mol. The zero-order valence-corrected chi connectivity index (χ0v) is 11.9. The first-order valence-electron chi connectivity index (χ1n) is 5.92. The fourth-order valence-corrected chi connectivity index (χ4v) is 2.63. The number of aromatic hydroxyl groups is 1. The molecule has 0 saturated carbocycles. The van der Waals surface area contributed by atoms with Crippen LogP contribution in [0.3, 0.4) is 0 Å². The zero-order chi connectivity index (χ0) is 12.4. The number of phenolic OH excluding ortho intramolecular Hbond substituents is 1. The van der Waals surface area contributed by atoms with Gasteiger partial charge in [-0.3, -0.25) is 0 Å². The van der Waals surface area contributed by atoms with Crippen molar-refractivity contribution in [1.29, 1.82) is 0 Å². The van der Waals surface area contributed by atoms with Gasteiger partial charge in [0.1, 0.15) is 5.75 Å². The minimum atomic E-state index is -0.170. The first-order valence-corrected chi connectivity index (χ1v) is 6.29. The molecule has 1 aromatic rings. The molecule has 0 aliphatic carbocycles. The Bertz CT molecular complexity index is 406. The van der Waals surface area contributed by atoms with Gasteiger partial charge in [-0.15, -0.1) is 12.4 Å². The van der Waals surface area contributed by atoms with E-state index in [-0.39, 0.29) is 24.2 Å². The number of aryl methyl sites for hydroxylation is 1. The number of rotatable bonds is 2. The summed E-state index contributed by atoms with van der Waals surface area (Å²) in [6.45, 7) is 3.33. The summed E-state index contributed by atoms with van der Waals surface area (Å²) in [6.07, 6.45) is 1.87. The van der Waals surface area contributed by atoms with Crippen LogP contribution in [0.1, 0.15) is 30.0 Å². The molecule has 102 valence electrons. The van der Waals surface area contributed by atoms with Crippen LogP contribution in [-0.2, 0) is 4.74 Å². The number of benzene rings is 1. The molecule has 1 fully saturated rings. The zero-order valence-electron chi connectivity index (χ0n) is 10.4. The maximum absolute atomic E-state index is 10.1. The predicted molar refractivity (Wildman–Crippen MR) is 75.6 cm³/mol. The molecule has 1 atom stereocenters. The average Bonchev–Trinajstić information content (AvgIpc) is 2.34. The van der Waals surface area contributed by atoms with E-state index in [2.05, 4.69) is 0 Å². The fraction of sp³-hybridized carbons (Fsp3) is 0.538. The summed E-state index contributed by atoms with van der Waals surface area (Å²) >= 11 is 6.01. The van der Waals surface area contributed by atoms with Gasteiger partial charge >= 0.3 is 0 Å². The van der Waals surface area contributed by atoms with Gasteiger partial charge in [0.2, 0.25) is 0 Å². The highest BCUT2D eigenvalue weighted by atomic mass is 35.5. The van der Waals surface area contributed by atoms with Crippen molar-refractivity contribution in [3.05, 3.63) is 28.3 Å². The summed E-state index contributed by atoms with van der Waals surface area (Å²) in [6, 6.07) is 3.34. The van der Waals surface area contributed by atoms with Crippen LogP contribution in [0.15, 0.2) is 12.1 Å². The minimum absolute atomic E-state index is 0. The first-order chi connectivity index (χ1) is 8.09. The van der Waals surface area contributed by atoms with Crippen LogP contribution >= 0.6 is 24.0 Å². The molecule has 1 heterocycles. The van der Waals surface area contributed by atoms with Gasteiger partial charge in [-0.05, 0) is 43.4 Å². The quantitative estimate of drug-likeness (QED) is 0.880. The Hall–Kier alpha value is -0.480. The SMILES string of the molecule is Cc1cc(Cl)cc([C@@H](N)C2CCOCC2)c1O.Cl. The molecule has 1 aromatic carbocycles. The molecule has 3 nitrogen and oxygen atoms in total. The lowest BCUT2D eigenvalue weighted by molar-refractivity contribution is 0.0581. The third kappa shape index (κ3) is 3.29. The second kappa shape index (κ2) is 6.62. The number of nitrogens with two attached hydrogens (primary N) is 1. The molecule has 0 bridgehead atoms. The summed E-state index contributed by atoms with van der Waals surface area (Å²) in [5, 5.41) is 10.7. The Morgan fingerprint density at radius 3 is 2.61 bits per heavy atom. The van der Waals surface area contributed by atoms with Crippen molar-refractivity contribution >= 4 is 24.0 Å². The number of hydrogen-bond acceptors (Lipinski definition) is 3. The van der Waals surface area contributed by atoms with Crippen molar-refractivity contribution in [1.82, 2.24) is 0 Å². The lowest BCUT2D eigenvalue weighted by atomic mass is 9.87. The van der Waals surface area contributed by atoms with E-state index in [9.17, 15) is 5.11 Å².